The first kappa shape index (κ1) is 10.2. The monoisotopic (exact) mass is 271 g/mol. The average Bonchev–Trinajstić information content (AvgIpc) is 2.54. The van der Waals surface area contributed by atoms with Crippen LogP contribution in [0.3, 0.4) is 0 Å². The first-order valence-corrected chi connectivity index (χ1v) is 4.85. The molecule has 2 rings (SSSR count). The van der Waals surface area contributed by atoms with Crippen molar-refractivity contribution in [2.45, 2.75) is 0 Å². The Morgan fingerprint density at radius 1 is 0.929 bits per heavy atom. The Labute approximate surface area is 98.1 Å². The lowest BCUT2D eigenvalue weighted by Gasteiger charge is -2.01. The van der Waals surface area contributed by atoms with Crippen LogP contribution in [0.2, 0.25) is 20.1 Å². The highest BCUT2D eigenvalue weighted by molar-refractivity contribution is 6.55. The largest absolute Gasteiger partial charge is 0.491 e. The van der Waals surface area contributed by atoms with Gasteiger partial charge in [0.1, 0.15) is 10.4 Å². The molecule has 14 heavy (non-hydrogen) atoms. The third kappa shape index (κ3) is 1.24. The van der Waals surface area contributed by atoms with Gasteiger partial charge in [0, 0.05) is 0 Å². The Bertz CT molecular complexity index is 522. The smallest absolute Gasteiger partial charge is 0.261 e. The van der Waals surface area contributed by atoms with Gasteiger partial charge < -0.3 is 9.63 Å². The molecule has 0 fully saturated rings. The topological polar surface area (TPSA) is 46.3 Å². The Morgan fingerprint density at radius 2 is 1.50 bits per heavy atom. The summed E-state index contributed by atoms with van der Waals surface area (Å²) in [5, 5.41) is 13.0. The van der Waals surface area contributed by atoms with Crippen molar-refractivity contribution < 1.29 is 9.63 Å². The van der Waals surface area contributed by atoms with Crippen LogP contribution in [-0.4, -0.2) is 10.3 Å². The first-order chi connectivity index (χ1) is 6.54. The van der Waals surface area contributed by atoms with E-state index in [1.54, 1.807) is 0 Å². The average molecular weight is 273 g/mol. The molecule has 1 aromatic heterocycles. The zero-order valence-corrected chi connectivity index (χ0v) is 9.34. The molecule has 0 spiro atoms. The molecule has 0 atom stereocenters. The van der Waals surface area contributed by atoms with Crippen molar-refractivity contribution in [1.82, 2.24) is 5.16 Å². The van der Waals surface area contributed by atoms with Crippen LogP contribution in [0.4, 0.5) is 0 Å². The van der Waals surface area contributed by atoms with Crippen LogP contribution >= 0.6 is 46.4 Å². The molecule has 0 aliphatic heterocycles. The summed E-state index contributed by atoms with van der Waals surface area (Å²) >= 11 is 23.1. The number of benzene rings is 1. The predicted molar refractivity (Wildman–Crippen MR) is 55.7 cm³/mol. The number of fused-ring (bicyclic) bond motifs is 1. The van der Waals surface area contributed by atoms with E-state index in [-0.39, 0.29) is 36.9 Å². The maximum Gasteiger partial charge on any atom is 0.261 e. The summed E-state index contributed by atoms with van der Waals surface area (Å²) in [7, 11) is 0. The van der Waals surface area contributed by atoms with Gasteiger partial charge in [-0.2, -0.15) is 0 Å². The number of nitrogens with zero attached hydrogens (tertiary/aromatic N) is 1. The van der Waals surface area contributed by atoms with Gasteiger partial charge in [-0.05, 0) is 5.16 Å². The fourth-order valence-corrected chi connectivity index (χ4v) is 1.99. The van der Waals surface area contributed by atoms with E-state index in [4.69, 9.17) is 50.9 Å². The maximum absolute atomic E-state index is 9.28. The molecule has 7 heteroatoms. The second kappa shape index (κ2) is 3.35. The highest BCUT2D eigenvalue weighted by atomic mass is 35.5. The first-order valence-electron chi connectivity index (χ1n) is 3.34. The number of hydrogen-bond acceptors (Lipinski definition) is 3. The lowest BCUT2D eigenvalue weighted by atomic mass is 10.2. The third-order valence-electron chi connectivity index (χ3n) is 1.67. The van der Waals surface area contributed by atoms with Gasteiger partial charge in [0.25, 0.3) is 5.88 Å². The Balaban J connectivity index is 3.05. The van der Waals surface area contributed by atoms with Gasteiger partial charge >= 0.3 is 0 Å². The Hall–Kier alpha value is -0.350. The van der Waals surface area contributed by atoms with Crippen LogP contribution in [0.15, 0.2) is 4.52 Å². The molecule has 0 radical (unpaired) electrons. The molecule has 0 aliphatic carbocycles. The van der Waals surface area contributed by atoms with E-state index in [0.29, 0.717) is 0 Å². The number of rotatable bonds is 0. The van der Waals surface area contributed by atoms with Crippen molar-refractivity contribution in [2.24, 2.45) is 0 Å². The molecule has 1 aromatic carbocycles. The Morgan fingerprint density at radius 3 is 2.14 bits per heavy atom. The number of aromatic hydroxyl groups is 1. The van der Waals surface area contributed by atoms with Crippen molar-refractivity contribution in [3.63, 3.8) is 0 Å². The van der Waals surface area contributed by atoms with Crippen LogP contribution in [0.5, 0.6) is 5.88 Å². The van der Waals surface area contributed by atoms with Crippen molar-refractivity contribution in [2.75, 3.05) is 0 Å². The van der Waals surface area contributed by atoms with Crippen molar-refractivity contribution in [1.29, 1.82) is 0 Å². The van der Waals surface area contributed by atoms with Gasteiger partial charge in [-0.1, -0.05) is 46.4 Å². The Kier molecular flexibility index (Phi) is 2.43. The quantitative estimate of drug-likeness (QED) is 0.579. The number of aromatic nitrogens is 1. The normalized spacial score (nSPS) is 11.1. The summed E-state index contributed by atoms with van der Waals surface area (Å²) in [6.07, 6.45) is 0. The van der Waals surface area contributed by atoms with Gasteiger partial charge in [-0.25, -0.2) is 0 Å². The molecular formula is C7HCl4NO2. The van der Waals surface area contributed by atoms with Gasteiger partial charge in [0.15, 0.2) is 5.58 Å². The molecule has 1 N–H and O–H groups in total. The minimum absolute atomic E-state index is 0.0596. The molecule has 1 heterocycles. The van der Waals surface area contributed by atoms with Crippen molar-refractivity contribution in [3.8, 4) is 5.88 Å². The van der Waals surface area contributed by atoms with Crippen molar-refractivity contribution in [3.05, 3.63) is 20.1 Å². The minimum Gasteiger partial charge on any atom is -0.491 e. The molecule has 0 aliphatic rings. The second-order valence-corrected chi connectivity index (χ2v) is 3.98. The summed E-state index contributed by atoms with van der Waals surface area (Å²) < 4.78 is 4.74. The fraction of sp³-hybridized carbons (Fsp3) is 0. The van der Waals surface area contributed by atoms with E-state index in [0.717, 1.165) is 0 Å². The van der Waals surface area contributed by atoms with Gasteiger partial charge in [-0.3, -0.25) is 0 Å². The molecular weight excluding hydrogens is 272 g/mol. The lowest BCUT2D eigenvalue weighted by Crippen LogP contribution is -1.77. The highest BCUT2D eigenvalue weighted by Crippen LogP contribution is 2.45. The van der Waals surface area contributed by atoms with Gasteiger partial charge in [-0.15, -0.1) is 0 Å². The standard InChI is InChI=1S/C7HCl4NO2/c8-2-1-6(14-12-7(1)13)5(11)4(10)3(2)9/h(H,12,13). The molecule has 2 aromatic rings. The van der Waals surface area contributed by atoms with Crippen LogP contribution in [0.25, 0.3) is 11.0 Å². The second-order valence-electron chi connectivity index (χ2n) is 2.47. The third-order valence-corrected chi connectivity index (χ3v) is 3.46. The summed E-state index contributed by atoms with van der Waals surface area (Å²) in [4.78, 5) is 0. The number of hydrogen-bond donors (Lipinski definition) is 1. The number of halogens is 4. The van der Waals surface area contributed by atoms with Crippen LogP contribution in [0.1, 0.15) is 0 Å². The summed E-state index contributed by atoms with van der Waals surface area (Å²) in [5.41, 5.74) is 0.114. The van der Waals surface area contributed by atoms with Crippen LogP contribution < -0.4 is 0 Å². The highest BCUT2D eigenvalue weighted by Gasteiger charge is 2.21. The van der Waals surface area contributed by atoms with E-state index in [1.165, 1.54) is 0 Å². The zero-order valence-electron chi connectivity index (χ0n) is 6.31. The summed E-state index contributed by atoms with van der Waals surface area (Å²) in [6.45, 7) is 0. The molecule has 0 bridgehead atoms. The van der Waals surface area contributed by atoms with Crippen LogP contribution in [-0.2, 0) is 0 Å². The molecule has 74 valence electrons. The van der Waals surface area contributed by atoms with Gasteiger partial charge in [0.2, 0.25) is 0 Å². The summed E-state index contributed by atoms with van der Waals surface area (Å²) in [6, 6.07) is 0. The molecule has 0 saturated heterocycles. The van der Waals surface area contributed by atoms with E-state index >= 15 is 0 Å². The van der Waals surface area contributed by atoms with E-state index in [1.807, 2.05) is 0 Å². The predicted octanol–water partition coefficient (Wildman–Crippen LogP) is 4.15. The minimum atomic E-state index is -0.370. The molecule has 0 amide bonds. The van der Waals surface area contributed by atoms with E-state index < -0.39 is 0 Å². The zero-order chi connectivity index (χ0) is 10.5. The molecule has 3 nitrogen and oxygen atoms in total. The lowest BCUT2D eigenvalue weighted by molar-refractivity contribution is 0.376. The van der Waals surface area contributed by atoms with Crippen LogP contribution in [0, 0.1) is 0 Å². The fourth-order valence-electron chi connectivity index (χ4n) is 1.03. The maximum atomic E-state index is 9.28. The molecule has 0 unspecified atom stereocenters. The van der Waals surface area contributed by atoms with Gasteiger partial charge in [0.05, 0.1) is 15.1 Å². The summed E-state index contributed by atoms with van der Waals surface area (Å²) in [5.74, 6) is -0.370. The van der Waals surface area contributed by atoms with E-state index in [9.17, 15) is 5.11 Å². The van der Waals surface area contributed by atoms with E-state index in [2.05, 4.69) is 5.16 Å². The van der Waals surface area contributed by atoms with Crippen molar-refractivity contribution >= 4 is 57.4 Å². The molecule has 0 saturated carbocycles. The SMILES string of the molecule is Oc1noc2c(Cl)c(Cl)c(Cl)c(Cl)c12.